The summed E-state index contributed by atoms with van der Waals surface area (Å²) < 4.78 is 14.2. The minimum absolute atomic E-state index is 0.120. The quantitative estimate of drug-likeness (QED) is 0.828. The summed E-state index contributed by atoms with van der Waals surface area (Å²) in [6, 6.07) is 9.56. The standard InChI is InChI=1S/C14H12BrFN2O/c1-8-2-4-12(17)10(6-8)14(19)18-13-5-3-9(15)7-11(13)16/h2-7H,17H2,1H3,(H,18,19). The van der Waals surface area contributed by atoms with Crippen LogP contribution >= 0.6 is 15.9 Å². The van der Waals surface area contributed by atoms with Crippen molar-refractivity contribution < 1.29 is 9.18 Å². The topological polar surface area (TPSA) is 55.1 Å². The highest BCUT2D eigenvalue weighted by Gasteiger charge is 2.12. The number of nitrogens with one attached hydrogen (secondary N) is 1. The van der Waals surface area contributed by atoms with Crippen LogP contribution in [0.4, 0.5) is 15.8 Å². The molecule has 2 aromatic carbocycles. The second-order valence-electron chi connectivity index (χ2n) is 4.17. The number of rotatable bonds is 2. The molecule has 2 aromatic rings. The normalized spacial score (nSPS) is 10.3. The molecule has 98 valence electrons. The number of benzene rings is 2. The smallest absolute Gasteiger partial charge is 0.257 e. The number of anilines is 2. The minimum Gasteiger partial charge on any atom is -0.398 e. The van der Waals surface area contributed by atoms with E-state index in [0.29, 0.717) is 15.7 Å². The third-order valence-corrected chi connectivity index (χ3v) is 3.13. The molecule has 1 amide bonds. The van der Waals surface area contributed by atoms with E-state index in [1.165, 1.54) is 12.1 Å². The molecule has 2 rings (SSSR count). The Balaban J connectivity index is 2.28. The van der Waals surface area contributed by atoms with Crippen molar-refractivity contribution in [3.8, 4) is 0 Å². The van der Waals surface area contributed by atoms with E-state index in [9.17, 15) is 9.18 Å². The predicted octanol–water partition coefficient (Wildman–Crippen LogP) is 3.73. The molecular weight excluding hydrogens is 311 g/mol. The van der Waals surface area contributed by atoms with Crippen LogP contribution in [-0.2, 0) is 0 Å². The van der Waals surface area contributed by atoms with Gasteiger partial charge in [-0.05, 0) is 37.3 Å². The van der Waals surface area contributed by atoms with Gasteiger partial charge in [0.15, 0.2) is 0 Å². The zero-order chi connectivity index (χ0) is 14.0. The molecule has 0 aliphatic heterocycles. The maximum atomic E-state index is 13.6. The van der Waals surface area contributed by atoms with Gasteiger partial charge in [0.2, 0.25) is 0 Å². The molecule has 5 heteroatoms. The number of nitrogens with two attached hydrogens (primary N) is 1. The number of amides is 1. The average molecular weight is 323 g/mol. The Hall–Kier alpha value is -1.88. The van der Waals surface area contributed by atoms with Crippen LogP contribution in [0.3, 0.4) is 0 Å². The van der Waals surface area contributed by atoms with Crippen LogP contribution in [0.5, 0.6) is 0 Å². The van der Waals surface area contributed by atoms with E-state index in [1.54, 1.807) is 18.2 Å². The van der Waals surface area contributed by atoms with Gasteiger partial charge in [-0.25, -0.2) is 4.39 Å². The zero-order valence-corrected chi connectivity index (χ0v) is 11.8. The summed E-state index contributed by atoms with van der Waals surface area (Å²) in [5.74, 6) is -0.934. The molecule has 0 aliphatic carbocycles. The molecule has 0 saturated carbocycles. The van der Waals surface area contributed by atoms with E-state index < -0.39 is 11.7 Å². The third-order valence-electron chi connectivity index (χ3n) is 2.63. The number of nitrogen functional groups attached to an aromatic ring is 1. The van der Waals surface area contributed by atoms with Crippen molar-refractivity contribution in [3.05, 3.63) is 57.8 Å². The summed E-state index contributed by atoms with van der Waals surface area (Å²) in [4.78, 5) is 12.1. The summed E-state index contributed by atoms with van der Waals surface area (Å²) in [6.45, 7) is 1.86. The van der Waals surface area contributed by atoms with E-state index in [1.807, 2.05) is 13.0 Å². The number of carbonyl (C=O) groups is 1. The van der Waals surface area contributed by atoms with Crippen LogP contribution in [-0.4, -0.2) is 5.91 Å². The number of hydrogen-bond donors (Lipinski definition) is 2. The Morgan fingerprint density at radius 2 is 2.00 bits per heavy atom. The summed E-state index contributed by atoms with van der Waals surface area (Å²) in [5, 5.41) is 2.51. The van der Waals surface area contributed by atoms with Crippen molar-refractivity contribution in [1.29, 1.82) is 0 Å². The summed E-state index contributed by atoms with van der Waals surface area (Å²) in [5.41, 5.74) is 7.47. The maximum Gasteiger partial charge on any atom is 0.257 e. The van der Waals surface area contributed by atoms with E-state index in [4.69, 9.17) is 5.73 Å². The monoisotopic (exact) mass is 322 g/mol. The van der Waals surface area contributed by atoms with Crippen molar-refractivity contribution in [1.82, 2.24) is 0 Å². The zero-order valence-electron chi connectivity index (χ0n) is 10.2. The highest BCUT2D eigenvalue weighted by atomic mass is 79.9. The van der Waals surface area contributed by atoms with Crippen molar-refractivity contribution in [2.24, 2.45) is 0 Å². The molecular formula is C14H12BrFN2O. The lowest BCUT2D eigenvalue weighted by atomic mass is 10.1. The Kier molecular flexibility index (Phi) is 3.85. The van der Waals surface area contributed by atoms with Crippen molar-refractivity contribution in [2.75, 3.05) is 11.1 Å². The fourth-order valence-electron chi connectivity index (χ4n) is 1.65. The van der Waals surface area contributed by atoms with E-state index in [0.717, 1.165) is 5.56 Å². The largest absolute Gasteiger partial charge is 0.398 e. The number of carbonyl (C=O) groups excluding carboxylic acids is 1. The van der Waals surface area contributed by atoms with Gasteiger partial charge in [-0.2, -0.15) is 0 Å². The molecule has 0 spiro atoms. The minimum atomic E-state index is -0.506. The molecule has 0 radical (unpaired) electrons. The molecule has 0 aromatic heterocycles. The highest BCUT2D eigenvalue weighted by Crippen LogP contribution is 2.21. The molecule has 0 heterocycles. The molecule has 0 atom stereocenters. The lowest BCUT2D eigenvalue weighted by Gasteiger charge is -2.09. The van der Waals surface area contributed by atoms with Crippen molar-refractivity contribution in [2.45, 2.75) is 6.92 Å². The second kappa shape index (κ2) is 5.40. The Morgan fingerprint density at radius 1 is 1.26 bits per heavy atom. The van der Waals surface area contributed by atoms with Gasteiger partial charge in [0.1, 0.15) is 5.82 Å². The summed E-state index contributed by atoms with van der Waals surface area (Å²) in [6.07, 6.45) is 0. The van der Waals surface area contributed by atoms with Gasteiger partial charge in [0, 0.05) is 10.2 Å². The van der Waals surface area contributed by atoms with Crippen LogP contribution in [0, 0.1) is 12.7 Å². The van der Waals surface area contributed by atoms with Gasteiger partial charge in [-0.3, -0.25) is 4.79 Å². The highest BCUT2D eigenvalue weighted by molar-refractivity contribution is 9.10. The van der Waals surface area contributed by atoms with E-state index in [-0.39, 0.29) is 5.69 Å². The first kappa shape index (κ1) is 13.5. The van der Waals surface area contributed by atoms with Crippen LogP contribution < -0.4 is 11.1 Å². The Bertz CT molecular complexity index is 643. The molecule has 0 saturated heterocycles. The number of hydrogen-bond acceptors (Lipinski definition) is 2. The second-order valence-corrected chi connectivity index (χ2v) is 5.08. The summed E-state index contributed by atoms with van der Waals surface area (Å²) in [7, 11) is 0. The van der Waals surface area contributed by atoms with Crippen LogP contribution in [0.1, 0.15) is 15.9 Å². The Morgan fingerprint density at radius 3 is 2.68 bits per heavy atom. The van der Waals surface area contributed by atoms with Gasteiger partial charge in [0.25, 0.3) is 5.91 Å². The first-order valence-corrected chi connectivity index (χ1v) is 6.39. The molecule has 3 N–H and O–H groups in total. The fraction of sp³-hybridized carbons (Fsp3) is 0.0714. The van der Waals surface area contributed by atoms with Gasteiger partial charge in [-0.1, -0.05) is 27.6 Å². The predicted molar refractivity (Wildman–Crippen MR) is 77.6 cm³/mol. The molecule has 19 heavy (non-hydrogen) atoms. The van der Waals surface area contributed by atoms with Crippen molar-refractivity contribution >= 4 is 33.2 Å². The van der Waals surface area contributed by atoms with Crippen molar-refractivity contribution in [3.63, 3.8) is 0 Å². The van der Waals surface area contributed by atoms with Gasteiger partial charge >= 0.3 is 0 Å². The first-order chi connectivity index (χ1) is 8.97. The molecule has 0 fully saturated rings. The van der Waals surface area contributed by atoms with Gasteiger partial charge < -0.3 is 11.1 Å². The number of aryl methyl sites for hydroxylation is 1. The van der Waals surface area contributed by atoms with Crippen LogP contribution in [0.25, 0.3) is 0 Å². The molecule has 0 unspecified atom stereocenters. The lowest BCUT2D eigenvalue weighted by molar-refractivity contribution is 0.102. The molecule has 0 bridgehead atoms. The first-order valence-electron chi connectivity index (χ1n) is 5.60. The molecule has 3 nitrogen and oxygen atoms in total. The van der Waals surface area contributed by atoms with Gasteiger partial charge in [-0.15, -0.1) is 0 Å². The number of halogens is 2. The van der Waals surface area contributed by atoms with E-state index >= 15 is 0 Å². The van der Waals surface area contributed by atoms with E-state index in [2.05, 4.69) is 21.2 Å². The Labute approximate surface area is 118 Å². The summed E-state index contributed by atoms with van der Waals surface area (Å²) >= 11 is 3.16. The SMILES string of the molecule is Cc1ccc(N)c(C(=O)Nc2ccc(Br)cc2F)c1. The third kappa shape index (κ3) is 3.12. The maximum absolute atomic E-state index is 13.6. The van der Waals surface area contributed by atoms with Crippen LogP contribution in [0.2, 0.25) is 0 Å². The van der Waals surface area contributed by atoms with Gasteiger partial charge in [0.05, 0.1) is 11.3 Å². The van der Waals surface area contributed by atoms with Crippen LogP contribution in [0.15, 0.2) is 40.9 Å². The lowest BCUT2D eigenvalue weighted by Crippen LogP contribution is -2.15. The average Bonchev–Trinajstić information content (AvgIpc) is 2.35. The fourth-order valence-corrected chi connectivity index (χ4v) is 1.98. The molecule has 0 aliphatic rings.